The van der Waals surface area contributed by atoms with Crippen LogP contribution in [0.2, 0.25) is 0 Å². The lowest BCUT2D eigenvalue weighted by atomic mass is 10.1. The number of hydrogen-bond acceptors (Lipinski definition) is 4. The summed E-state index contributed by atoms with van der Waals surface area (Å²) in [5, 5.41) is 11.9. The molecule has 1 saturated heterocycles. The predicted molar refractivity (Wildman–Crippen MR) is 105 cm³/mol. The van der Waals surface area contributed by atoms with Crippen molar-refractivity contribution in [2.45, 2.75) is 12.8 Å². The minimum Gasteiger partial charge on any atom is -0.384 e. The van der Waals surface area contributed by atoms with Crippen molar-refractivity contribution in [1.82, 2.24) is 24.8 Å². The number of nitrogens with zero attached hydrogens (tertiary/aromatic N) is 5. The number of aromatic nitrogens is 3. The van der Waals surface area contributed by atoms with E-state index in [1.807, 2.05) is 35.8 Å². The Morgan fingerprint density at radius 2 is 2.29 bits per heavy atom. The minimum atomic E-state index is 0. The van der Waals surface area contributed by atoms with Gasteiger partial charge in [-0.2, -0.15) is 0 Å². The van der Waals surface area contributed by atoms with Crippen molar-refractivity contribution < 1.29 is 4.74 Å². The van der Waals surface area contributed by atoms with E-state index >= 15 is 0 Å². The summed E-state index contributed by atoms with van der Waals surface area (Å²) in [6.07, 6.45) is 3.96. The van der Waals surface area contributed by atoms with Crippen LogP contribution in [0.5, 0.6) is 0 Å². The first-order valence-electron chi connectivity index (χ1n) is 8.05. The van der Waals surface area contributed by atoms with Crippen molar-refractivity contribution in [3.8, 4) is 0 Å². The Hall–Kier alpha value is -1.42. The molecule has 1 fully saturated rings. The highest BCUT2D eigenvalue weighted by atomic mass is 127. The molecule has 1 aliphatic rings. The smallest absolute Gasteiger partial charge is 0.193 e. The molecule has 1 atom stereocenters. The van der Waals surface area contributed by atoms with Crippen LogP contribution in [-0.4, -0.2) is 65.9 Å². The van der Waals surface area contributed by atoms with Gasteiger partial charge in [0.1, 0.15) is 5.82 Å². The first kappa shape index (κ1) is 18.9. The maximum atomic E-state index is 5.25. The SMILES string of the molecule is CN=C(NCCc1nnc2ccccn12)N1CCC(COC)C1.I. The zero-order chi connectivity index (χ0) is 16.1. The molecular weight excluding hydrogens is 419 g/mol. The van der Waals surface area contributed by atoms with E-state index in [2.05, 4.69) is 25.4 Å². The van der Waals surface area contributed by atoms with E-state index in [0.29, 0.717) is 5.92 Å². The summed E-state index contributed by atoms with van der Waals surface area (Å²) in [6, 6.07) is 5.92. The lowest BCUT2D eigenvalue weighted by Gasteiger charge is -2.21. The Bertz CT molecular complexity index is 673. The van der Waals surface area contributed by atoms with Crippen molar-refractivity contribution in [3.05, 3.63) is 30.2 Å². The van der Waals surface area contributed by atoms with Gasteiger partial charge in [-0.15, -0.1) is 34.2 Å². The molecule has 0 saturated carbocycles. The Morgan fingerprint density at radius 1 is 1.42 bits per heavy atom. The highest BCUT2D eigenvalue weighted by Crippen LogP contribution is 2.16. The third-order valence-corrected chi connectivity index (χ3v) is 4.22. The van der Waals surface area contributed by atoms with E-state index in [0.717, 1.165) is 56.5 Å². The average molecular weight is 444 g/mol. The number of ether oxygens (including phenoxy) is 1. The van der Waals surface area contributed by atoms with Gasteiger partial charge in [-0.3, -0.25) is 9.39 Å². The molecule has 132 valence electrons. The topological polar surface area (TPSA) is 67.0 Å². The lowest BCUT2D eigenvalue weighted by Crippen LogP contribution is -2.41. The number of hydrogen-bond donors (Lipinski definition) is 1. The molecule has 0 spiro atoms. The normalized spacial score (nSPS) is 18.0. The maximum absolute atomic E-state index is 5.25. The van der Waals surface area contributed by atoms with E-state index < -0.39 is 0 Å². The fraction of sp³-hybridized carbons (Fsp3) is 0.562. The second-order valence-electron chi connectivity index (χ2n) is 5.83. The number of methoxy groups -OCH3 is 1. The number of halogens is 1. The molecule has 7 nitrogen and oxygen atoms in total. The number of fused-ring (bicyclic) bond motifs is 1. The van der Waals surface area contributed by atoms with Crippen LogP contribution in [0.4, 0.5) is 0 Å². The molecule has 3 rings (SSSR count). The molecule has 0 radical (unpaired) electrons. The molecule has 2 aromatic rings. The zero-order valence-electron chi connectivity index (χ0n) is 14.2. The predicted octanol–water partition coefficient (Wildman–Crippen LogP) is 1.43. The van der Waals surface area contributed by atoms with Crippen LogP contribution in [0.15, 0.2) is 29.4 Å². The second-order valence-corrected chi connectivity index (χ2v) is 5.83. The monoisotopic (exact) mass is 444 g/mol. The lowest BCUT2D eigenvalue weighted by molar-refractivity contribution is 0.157. The van der Waals surface area contributed by atoms with Crippen molar-refractivity contribution >= 4 is 35.6 Å². The number of likely N-dealkylation sites (tertiary alicyclic amines) is 1. The van der Waals surface area contributed by atoms with Crippen molar-refractivity contribution in [2.24, 2.45) is 10.9 Å². The number of aliphatic imine (C=N–C) groups is 1. The van der Waals surface area contributed by atoms with Crippen LogP contribution < -0.4 is 5.32 Å². The van der Waals surface area contributed by atoms with Gasteiger partial charge in [0.15, 0.2) is 11.6 Å². The summed E-state index contributed by atoms with van der Waals surface area (Å²) >= 11 is 0. The van der Waals surface area contributed by atoms with E-state index in [-0.39, 0.29) is 24.0 Å². The fourth-order valence-corrected chi connectivity index (χ4v) is 3.08. The van der Waals surface area contributed by atoms with E-state index in [1.165, 1.54) is 0 Å². The first-order chi connectivity index (χ1) is 11.3. The molecule has 3 heterocycles. The standard InChI is InChI=1S/C16H24N6O.HI/c1-17-16(21-10-7-13(11-21)12-23-2)18-8-6-15-20-19-14-5-3-4-9-22(14)15;/h3-5,9,13H,6-8,10-12H2,1-2H3,(H,17,18);1H. The number of guanidine groups is 1. The van der Waals surface area contributed by atoms with Crippen LogP contribution >= 0.6 is 24.0 Å². The Balaban J connectivity index is 0.00000208. The fourth-order valence-electron chi connectivity index (χ4n) is 3.08. The molecule has 24 heavy (non-hydrogen) atoms. The van der Waals surface area contributed by atoms with Crippen LogP contribution in [0, 0.1) is 5.92 Å². The third kappa shape index (κ3) is 4.35. The number of rotatable bonds is 5. The minimum absolute atomic E-state index is 0. The molecule has 1 unspecified atom stereocenters. The van der Waals surface area contributed by atoms with Crippen LogP contribution in [0.3, 0.4) is 0 Å². The van der Waals surface area contributed by atoms with Crippen LogP contribution in [0.25, 0.3) is 5.65 Å². The summed E-state index contributed by atoms with van der Waals surface area (Å²) in [6.45, 7) is 3.63. The highest BCUT2D eigenvalue weighted by Gasteiger charge is 2.24. The van der Waals surface area contributed by atoms with Gasteiger partial charge >= 0.3 is 0 Å². The molecule has 0 aliphatic carbocycles. The Labute approximate surface area is 159 Å². The van der Waals surface area contributed by atoms with E-state index in [9.17, 15) is 0 Å². The van der Waals surface area contributed by atoms with Crippen LogP contribution in [-0.2, 0) is 11.2 Å². The quantitative estimate of drug-likeness (QED) is 0.430. The summed E-state index contributed by atoms with van der Waals surface area (Å²) in [4.78, 5) is 6.69. The maximum Gasteiger partial charge on any atom is 0.193 e. The molecule has 0 aromatic carbocycles. The highest BCUT2D eigenvalue weighted by molar-refractivity contribution is 14.0. The van der Waals surface area contributed by atoms with Gasteiger partial charge in [-0.05, 0) is 18.6 Å². The van der Waals surface area contributed by atoms with Gasteiger partial charge in [-0.25, -0.2) is 0 Å². The first-order valence-corrected chi connectivity index (χ1v) is 8.05. The molecular formula is C16H25IN6O. The van der Waals surface area contributed by atoms with Gasteiger partial charge in [0.05, 0.1) is 6.61 Å². The third-order valence-electron chi connectivity index (χ3n) is 4.22. The second kappa shape index (κ2) is 9.16. The molecule has 1 aliphatic heterocycles. The Morgan fingerprint density at radius 3 is 3.08 bits per heavy atom. The van der Waals surface area contributed by atoms with Crippen molar-refractivity contribution in [1.29, 1.82) is 0 Å². The van der Waals surface area contributed by atoms with Gasteiger partial charge < -0.3 is 15.0 Å². The van der Waals surface area contributed by atoms with Crippen molar-refractivity contribution in [3.63, 3.8) is 0 Å². The van der Waals surface area contributed by atoms with Gasteiger partial charge in [-0.1, -0.05) is 6.07 Å². The van der Waals surface area contributed by atoms with Gasteiger partial charge in [0.2, 0.25) is 0 Å². The molecule has 1 N–H and O–H groups in total. The van der Waals surface area contributed by atoms with Crippen LogP contribution in [0.1, 0.15) is 12.2 Å². The summed E-state index contributed by atoms with van der Waals surface area (Å²) < 4.78 is 7.28. The van der Waals surface area contributed by atoms with E-state index in [1.54, 1.807) is 7.11 Å². The summed E-state index contributed by atoms with van der Waals surface area (Å²) in [7, 11) is 3.59. The average Bonchev–Trinajstić information content (AvgIpc) is 3.19. The largest absolute Gasteiger partial charge is 0.384 e. The van der Waals surface area contributed by atoms with Gasteiger partial charge in [0, 0.05) is 52.3 Å². The van der Waals surface area contributed by atoms with Crippen molar-refractivity contribution in [2.75, 3.05) is 40.4 Å². The number of pyridine rings is 1. The molecule has 8 heteroatoms. The molecule has 2 aromatic heterocycles. The zero-order valence-corrected chi connectivity index (χ0v) is 16.5. The van der Waals surface area contributed by atoms with E-state index in [4.69, 9.17) is 4.74 Å². The summed E-state index contributed by atoms with van der Waals surface area (Å²) in [5.41, 5.74) is 0.883. The summed E-state index contributed by atoms with van der Waals surface area (Å²) in [5.74, 6) is 2.51. The number of nitrogens with one attached hydrogen (secondary N) is 1. The van der Waals surface area contributed by atoms with Gasteiger partial charge in [0.25, 0.3) is 0 Å². The molecule has 0 bridgehead atoms. The Kier molecular flexibility index (Phi) is 7.22. The molecule has 0 amide bonds.